The van der Waals surface area contributed by atoms with Gasteiger partial charge in [-0.3, -0.25) is 0 Å². The number of anilines is 1. The molecule has 4 nitrogen and oxygen atoms in total. The summed E-state index contributed by atoms with van der Waals surface area (Å²) in [7, 11) is 1.69. The van der Waals surface area contributed by atoms with Crippen molar-refractivity contribution in [1.82, 2.24) is 9.97 Å². The Labute approximate surface area is 98.7 Å². The molecule has 0 saturated heterocycles. The molecule has 16 heavy (non-hydrogen) atoms. The lowest BCUT2D eigenvalue weighted by Crippen LogP contribution is -2.09. The maximum absolute atomic E-state index is 5.01. The predicted octanol–water partition coefficient (Wildman–Crippen LogP) is 2.37. The van der Waals surface area contributed by atoms with E-state index >= 15 is 0 Å². The van der Waals surface area contributed by atoms with E-state index in [0.29, 0.717) is 6.61 Å². The fraction of sp³-hybridized carbons (Fsp3) is 0.455. The third-order valence-electron chi connectivity index (χ3n) is 2.23. The molecule has 0 spiro atoms. The average molecular weight is 237 g/mol. The standard InChI is InChI=1S/C11H15N3OS/c1-7-6-9-10(12-4-5-15-3)13-8(2)14-11(9)16-7/h6H,4-5H2,1-3H3,(H,12,13,14). The van der Waals surface area contributed by atoms with E-state index in [1.165, 1.54) is 4.88 Å². The molecular weight excluding hydrogens is 222 g/mol. The van der Waals surface area contributed by atoms with E-state index in [9.17, 15) is 0 Å². The highest BCUT2D eigenvalue weighted by atomic mass is 32.1. The zero-order valence-electron chi connectivity index (χ0n) is 9.70. The molecule has 0 aromatic carbocycles. The minimum absolute atomic E-state index is 0.674. The van der Waals surface area contributed by atoms with Gasteiger partial charge in [-0.05, 0) is 19.9 Å². The number of nitrogens with zero attached hydrogens (tertiary/aromatic N) is 2. The van der Waals surface area contributed by atoms with Crippen LogP contribution < -0.4 is 5.32 Å². The lowest BCUT2D eigenvalue weighted by atomic mass is 10.3. The van der Waals surface area contributed by atoms with Gasteiger partial charge >= 0.3 is 0 Å². The number of fused-ring (bicyclic) bond motifs is 1. The van der Waals surface area contributed by atoms with Crippen molar-refractivity contribution in [2.45, 2.75) is 13.8 Å². The molecule has 5 heteroatoms. The molecule has 2 rings (SSSR count). The Morgan fingerprint density at radius 2 is 2.19 bits per heavy atom. The second-order valence-corrected chi connectivity index (χ2v) is 4.85. The van der Waals surface area contributed by atoms with Gasteiger partial charge < -0.3 is 10.1 Å². The van der Waals surface area contributed by atoms with Crippen LogP contribution in [0.2, 0.25) is 0 Å². The smallest absolute Gasteiger partial charge is 0.138 e. The summed E-state index contributed by atoms with van der Waals surface area (Å²) < 4.78 is 5.01. The topological polar surface area (TPSA) is 47.0 Å². The molecule has 0 aliphatic rings. The summed E-state index contributed by atoms with van der Waals surface area (Å²) in [6, 6.07) is 2.12. The molecule has 2 aromatic rings. The largest absolute Gasteiger partial charge is 0.383 e. The summed E-state index contributed by atoms with van der Waals surface area (Å²) in [6.07, 6.45) is 0. The van der Waals surface area contributed by atoms with Crippen LogP contribution in [0.4, 0.5) is 5.82 Å². The zero-order valence-corrected chi connectivity index (χ0v) is 10.5. The number of hydrogen-bond acceptors (Lipinski definition) is 5. The molecular formula is C11H15N3OS. The minimum Gasteiger partial charge on any atom is -0.383 e. The van der Waals surface area contributed by atoms with Gasteiger partial charge in [0.05, 0.1) is 12.0 Å². The van der Waals surface area contributed by atoms with E-state index in [-0.39, 0.29) is 0 Å². The summed E-state index contributed by atoms with van der Waals surface area (Å²) in [5.41, 5.74) is 0. The fourth-order valence-electron chi connectivity index (χ4n) is 1.55. The molecule has 0 saturated carbocycles. The number of rotatable bonds is 4. The van der Waals surface area contributed by atoms with Gasteiger partial charge in [0.25, 0.3) is 0 Å². The molecule has 0 aliphatic heterocycles. The second-order valence-electron chi connectivity index (χ2n) is 3.61. The number of methoxy groups -OCH3 is 1. The van der Waals surface area contributed by atoms with Crippen LogP contribution in [0, 0.1) is 13.8 Å². The van der Waals surface area contributed by atoms with Crippen LogP contribution >= 0.6 is 11.3 Å². The summed E-state index contributed by atoms with van der Waals surface area (Å²) >= 11 is 1.70. The first-order chi connectivity index (χ1) is 7.70. The third kappa shape index (κ3) is 2.31. The average Bonchev–Trinajstić information content (AvgIpc) is 2.58. The quantitative estimate of drug-likeness (QED) is 0.829. The van der Waals surface area contributed by atoms with Crippen LogP contribution in [-0.4, -0.2) is 30.2 Å². The summed E-state index contributed by atoms with van der Waals surface area (Å²) in [5.74, 6) is 1.71. The predicted molar refractivity (Wildman–Crippen MR) is 67.3 cm³/mol. The monoisotopic (exact) mass is 237 g/mol. The fourth-order valence-corrected chi connectivity index (χ4v) is 2.48. The van der Waals surface area contributed by atoms with Crippen molar-refractivity contribution >= 4 is 27.4 Å². The van der Waals surface area contributed by atoms with Gasteiger partial charge in [-0.2, -0.15) is 0 Å². The van der Waals surface area contributed by atoms with E-state index in [1.54, 1.807) is 18.4 Å². The molecule has 0 unspecified atom stereocenters. The van der Waals surface area contributed by atoms with Crippen LogP contribution in [-0.2, 0) is 4.74 Å². The van der Waals surface area contributed by atoms with Crippen molar-refractivity contribution in [3.05, 3.63) is 16.8 Å². The number of thiophene rings is 1. The zero-order chi connectivity index (χ0) is 11.5. The Balaban J connectivity index is 2.34. The highest BCUT2D eigenvalue weighted by Crippen LogP contribution is 2.28. The molecule has 2 heterocycles. The normalized spacial score (nSPS) is 10.9. The molecule has 0 fully saturated rings. The molecule has 0 amide bonds. The minimum atomic E-state index is 0.674. The summed E-state index contributed by atoms with van der Waals surface area (Å²) in [5, 5.41) is 4.37. The SMILES string of the molecule is COCCNc1nc(C)nc2sc(C)cc12. The van der Waals surface area contributed by atoms with E-state index < -0.39 is 0 Å². The highest BCUT2D eigenvalue weighted by Gasteiger charge is 2.07. The Bertz CT molecular complexity index is 495. The first-order valence-corrected chi connectivity index (χ1v) is 6.00. The van der Waals surface area contributed by atoms with E-state index in [0.717, 1.165) is 28.4 Å². The maximum atomic E-state index is 5.01. The second kappa shape index (κ2) is 4.76. The van der Waals surface area contributed by atoms with Gasteiger partial charge in [0, 0.05) is 18.5 Å². The number of ether oxygens (including phenoxy) is 1. The first kappa shape index (κ1) is 11.3. The number of aryl methyl sites for hydroxylation is 2. The van der Waals surface area contributed by atoms with E-state index in [2.05, 4.69) is 28.3 Å². The molecule has 0 radical (unpaired) electrons. The van der Waals surface area contributed by atoms with Gasteiger partial charge in [0.1, 0.15) is 16.5 Å². The van der Waals surface area contributed by atoms with Gasteiger partial charge in [-0.25, -0.2) is 9.97 Å². The van der Waals surface area contributed by atoms with Gasteiger partial charge in [-0.15, -0.1) is 11.3 Å². The Morgan fingerprint density at radius 3 is 2.94 bits per heavy atom. The lowest BCUT2D eigenvalue weighted by molar-refractivity contribution is 0.210. The summed E-state index contributed by atoms with van der Waals surface area (Å²) in [4.78, 5) is 11.1. The van der Waals surface area contributed by atoms with Crippen molar-refractivity contribution in [2.24, 2.45) is 0 Å². The van der Waals surface area contributed by atoms with Crippen molar-refractivity contribution < 1.29 is 4.74 Å². The third-order valence-corrected chi connectivity index (χ3v) is 3.17. The summed E-state index contributed by atoms with van der Waals surface area (Å²) in [6.45, 7) is 5.43. The molecule has 86 valence electrons. The first-order valence-electron chi connectivity index (χ1n) is 5.18. The van der Waals surface area contributed by atoms with Gasteiger partial charge in [-0.1, -0.05) is 0 Å². The number of nitrogens with one attached hydrogen (secondary N) is 1. The van der Waals surface area contributed by atoms with Crippen LogP contribution in [0.5, 0.6) is 0 Å². The van der Waals surface area contributed by atoms with Crippen LogP contribution in [0.3, 0.4) is 0 Å². The number of hydrogen-bond donors (Lipinski definition) is 1. The Kier molecular flexibility index (Phi) is 3.36. The van der Waals surface area contributed by atoms with Crippen LogP contribution in [0.1, 0.15) is 10.7 Å². The lowest BCUT2D eigenvalue weighted by Gasteiger charge is -2.06. The Hall–Kier alpha value is -1.20. The highest BCUT2D eigenvalue weighted by molar-refractivity contribution is 7.18. The van der Waals surface area contributed by atoms with Crippen LogP contribution in [0.25, 0.3) is 10.2 Å². The number of aromatic nitrogens is 2. The Morgan fingerprint density at radius 1 is 1.38 bits per heavy atom. The molecule has 0 aliphatic carbocycles. The maximum Gasteiger partial charge on any atom is 0.138 e. The van der Waals surface area contributed by atoms with Gasteiger partial charge in [0.2, 0.25) is 0 Å². The molecule has 2 aromatic heterocycles. The van der Waals surface area contributed by atoms with Crippen LogP contribution in [0.15, 0.2) is 6.07 Å². The van der Waals surface area contributed by atoms with Gasteiger partial charge in [0.15, 0.2) is 0 Å². The van der Waals surface area contributed by atoms with Crippen molar-refractivity contribution in [1.29, 1.82) is 0 Å². The van der Waals surface area contributed by atoms with Crippen molar-refractivity contribution in [3.63, 3.8) is 0 Å². The molecule has 0 atom stereocenters. The van der Waals surface area contributed by atoms with E-state index in [4.69, 9.17) is 4.74 Å². The van der Waals surface area contributed by atoms with Crippen molar-refractivity contribution in [3.8, 4) is 0 Å². The molecule has 1 N–H and O–H groups in total. The molecule has 0 bridgehead atoms. The van der Waals surface area contributed by atoms with E-state index in [1.807, 2.05) is 6.92 Å². The van der Waals surface area contributed by atoms with Crippen molar-refractivity contribution in [2.75, 3.05) is 25.6 Å².